The van der Waals surface area contributed by atoms with E-state index in [9.17, 15) is 5.11 Å². The Labute approximate surface area is 147 Å². The third-order valence-electron chi connectivity index (χ3n) is 3.99. The Kier molecular flexibility index (Phi) is 4.13. The zero-order valence-corrected chi connectivity index (χ0v) is 14.5. The van der Waals surface area contributed by atoms with Crippen LogP contribution in [0.3, 0.4) is 0 Å². The van der Waals surface area contributed by atoms with E-state index in [1.165, 1.54) is 11.3 Å². The minimum Gasteiger partial charge on any atom is -0.494 e. The number of fused-ring (bicyclic) bond motifs is 1. The van der Waals surface area contributed by atoms with Gasteiger partial charge in [-0.2, -0.15) is 0 Å². The number of aromatic amines is 1. The summed E-state index contributed by atoms with van der Waals surface area (Å²) < 4.78 is 8.24. The molecule has 0 radical (unpaired) electrons. The van der Waals surface area contributed by atoms with Crippen LogP contribution in [0.1, 0.15) is 4.88 Å². The Morgan fingerprint density at radius 3 is 2.83 bits per heavy atom. The summed E-state index contributed by atoms with van der Waals surface area (Å²) in [5.41, 5.74) is 0.969. The lowest BCUT2D eigenvalue weighted by atomic mass is 10.1. The SMILES string of the molecule is Oc1[nH]c(=S)sc1/C=C1\C=c2ccccc2=NC1=[N+]1CCOCC1. The normalized spacial score (nSPS) is 18.9. The number of rotatable bonds is 1. The molecule has 4 rings (SSSR count). The lowest BCUT2D eigenvalue weighted by molar-refractivity contribution is -0.549. The van der Waals surface area contributed by atoms with Gasteiger partial charge in [0, 0.05) is 5.22 Å². The number of benzene rings is 1. The van der Waals surface area contributed by atoms with E-state index in [1.54, 1.807) is 0 Å². The molecule has 0 bridgehead atoms. The van der Waals surface area contributed by atoms with Gasteiger partial charge in [-0.25, -0.2) is 0 Å². The molecule has 122 valence electrons. The predicted molar refractivity (Wildman–Crippen MR) is 96.7 cm³/mol. The molecule has 2 aliphatic heterocycles. The van der Waals surface area contributed by atoms with Crippen molar-refractivity contribution < 1.29 is 14.4 Å². The predicted octanol–water partition coefficient (Wildman–Crippen LogP) is 1.45. The first kappa shape index (κ1) is 15.4. The van der Waals surface area contributed by atoms with Crippen molar-refractivity contribution in [2.45, 2.75) is 0 Å². The number of para-hydroxylation sites is 1. The molecule has 7 heteroatoms. The Morgan fingerprint density at radius 2 is 2.08 bits per heavy atom. The van der Waals surface area contributed by atoms with Gasteiger partial charge >= 0.3 is 5.84 Å². The summed E-state index contributed by atoms with van der Waals surface area (Å²) in [5, 5.41) is 12.0. The van der Waals surface area contributed by atoms with Gasteiger partial charge in [0.1, 0.15) is 13.1 Å². The molecule has 1 aromatic heterocycles. The van der Waals surface area contributed by atoms with Gasteiger partial charge in [0.2, 0.25) is 5.88 Å². The summed E-state index contributed by atoms with van der Waals surface area (Å²) in [5.74, 6) is 1.02. The maximum absolute atomic E-state index is 10.0. The van der Waals surface area contributed by atoms with E-state index in [0.717, 1.165) is 35.1 Å². The highest BCUT2D eigenvalue weighted by atomic mass is 32.1. The standard InChI is InChI=1S/C17H15N3O2S2/c21-16-14(24-17(23)19-16)10-12-9-11-3-1-2-4-13(11)18-15(12)20-5-7-22-8-6-20/h1-4,9-10H,5-8H2,(H,19,21,23)/p+1. The lowest BCUT2D eigenvalue weighted by Gasteiger charge is -2.16. The minimum absolute atomic E-state index is 0.103. The van der Waals surface area contributed by atoms with Crippen molar-refractivity contribution in [3.8, 4) is 5.88 Å². The number of amidine groups is 1. The smallest absolute Gasteiger partial charge is 0.326 e. The summed E-state index contributed by atoms with van der Waals surface area (Å²) in [6.45, 7) is 3.01. The number of hydrogen-bond donors (Lipinski definition) is 2. The van der Waals surface area contributed by atoms with Crippen molar-refractivity contribution >= 4 is 41.5 Å². The quantitative estimate of drug-likeness (QED) is 0.599. The molecule has 1 fully saturated rings. The van der Waals surface area contributed by atoms with Gasteiger partial charge in [0.05, 0.1) is 23.7 Å². The molecule has 0 atom stereocenters. The van der Waals surface area contributed by atoms with Crippen LogP contribution in [0.2, 0.25) is 0 Å². The van der Waals surface area contributed by atoms with Crippen molar-refractivity contribution in [3.63, 3.8) is 0 Å². The van der Waals surface area contributed by atoms with Gasteiger partial charge in [-0.1, -0.05) is 18.2 Å². The van der Waals surface area contributed by atoms with Crippen LogP contribution in [0.15, 0.2) is 34.8 Å². The average Bonchev–Trinajstić information content (AvgIpc) is 2.92. The minimum atomic E-state index is 0.103. The summed E-state index contributed by atoms with van der Waals surface area (Å²) in [6.07, 6.45) is 4.05. The van der Waals surface area contributed by atoms with Crippen LogP contribution < -0.4 is 10.6 Å². The number of H-pyrrole nitrogens is 1. The number of nitrogens with zero attached hydrogens (tertiary/aromatic N) is 2. The van der Waals surface area contributed by atoms with Crippen molar-refractivity contribution in [3.05, 3.63) is 49.2 Å². The van der Waals surface area contributed by atoms with Crippen LogP contribution in [0, 0.1) is 3.95 Å². The van der Waals surface area contributed by atoms with Crippen molar-refractivity contribution in [2.75, 3.05) is 26.3 Å². The van der Waals surface area contributed by atoms with Gasteiger partial charge in [-0.3, -0.25) is 4.58 Å². The molecule has 2 aromatic rings. The highest BCUT2D eigenvalue weighted by Crippen LogP contribution is 2.25. The number of aromatic hydroxyl groups is 1. The summed E-state index contributed by atoms with van der Waals surface area (Å²) in [7, 11) is 0. The highest BCUT2D eigenvalue weighted by Gasteiger charge is 2.23. The van der Waals surface area contributed by atoms with Gasteiger partial charge in [-0.15, -0.1) is 11.3 Å². The Balaban J connectivity index is 1.93. The number of nitrogens with one attached hydrogen (secondary N) is 1. The number of thiazole rings is 1. The number of morpholine rings is 1. The van der Waals surface area contributed by atoms with E-state index in [1.807, 2.05) is 30.3 Å². The largest absolute Gasteiger partial charge is 0.494 e. The molecule has 3 heterocycles. The van der Waals surface area contributed by atoms with Crippen molar-refractivity contribution in [1.29, 1.82) is 0 Å². The van der Waals surface area contributed by atoms with Gasteiger partial charge in [0.15, 0.2) is 9.31 Å². The van der Waals surface area contributed by atoms with Crippen LogP contribution in [0.4, 0.5) is 0 Å². The second-order valence-electron chi connectivity index (χ2n) is 5.57. The second kappa shape index (κ2) is 6.43. The Bertz CT molecular complexity index is 1020. The van der Waals surface area contributed by atoms with Crippen molar-refractivity contribution in [2.24, 2.45) is 4.99 Å². The molecule has 0 amide bonds. The number of ether oxygens (including phenoxy) is 1. The topological polar surface area (TPSA) is 60.6 Å². The molecule has 5 nitrogen and oxygen atoms in total. The zero-order valence-electron chi connectivity index (χ0n) is 12.9. The summed E-state index contributed by atoms with van der Waals surface area (Å²) in [6, 6.07) is 8.05. The monoisotopic (exact) mass is 358 g/mol. The van der Waals surface area contributed by atoms with Gasteiger partial charge in [-0.05, 0) is 35.4 Å². The molecular weight excluding hydrogens is 342 g/mol. The molecule has 1 aromatic carbocycles. The van der Waals surface area contributed by atoms with Gasteiger partial charge in [0.25, 0.3) is 0 Å². The number of aromatic nitrogens is 1. The fourth-order valence-electron chi connectivity index (χ4n) is 2.83. The molecule has 0 aliphatic carbocycles. The maximum atomic E-state index is 10.0. The van der Waals surface area contributed by atoms with Crippen LogP contribution >= 0.6 is 23.6 Å². The molecule has 0 unspecified atom stereocenters. The molecule has 0 spiro atoms. The van der Waals surface area contributed by atoms with Gasteiger partial charge < -0.3 is 14.8 Å². The van der Waals surface area contributed by atoms with E-state index in [2.05, 4.69) is 15.6 Å². The molecule has 24 heavy (non-hydrogen) atoms. The van der Waals surface area contributed by atoms with E-state index >= 15 is 0 Å². The van der Waals surface area contributed by atoms with E-state index in [4.69, 9.17) is 21.9 Å². The third kappa shape index (κ3) is 2.98. The van der Waals surface area contributed by atoms with Crippen LogP contribution in [0.5, 0.6) is 5.88 Å². The number of hydrogen-bond acceptors (Lipinski definition) is 4. The highest BCUT2D eigenvalue weighted by molar-refractivity contribution is 7.73. The fraction of sp³-hybridized carbons (Fsp3) is 0.235. The van der Waals surface area contributed by atoms with Crippen LogP contribution in [0.25, 0.3) is 12.2 Å². The zero-order chi connectivity index (χ0) is 16.5. The third-order valence-corrected chi connectivity index (χ3v) is 5.16. The van der Waals surface area contributed by atoms with E-state index < -0.39 is 0 Å². The average molecular weight is 358 g/mol. The van der Waals surface area contributed by atoms with E-state index in [-0.39, 0.29) is 5.88 Å². The molecule has 2 aliphatic rings. The first-order valence-electron chi connectivity index (χ1n) is 7.70. The lowest BCUT2D eigenvalue weighted by Crippen LogP contribution is -2.38. The molecule has 0 saturated carbocycles. The molecular formula is C17H16N3O2S2+. The summed E-state index contributed by atoms with van der Waals surface area (Å²) >= 11 is 6.46. The van der Waals surface area contributed by atoms with Crippen molar-refractivity contribution in [1.82, 2.24) is 4.98 Å². The summed E-state index contributed by atoms with van der Waals surface area (Å²) in [4.78, 5) is 8.34. The Hall–Kier alpha value is -2.09. The van der Waals surface area contributed by atoms with Crippen LogP contribution in [-0.2, 0) is 4.74 Å². The Morgan fingerprint density at radius 1 is 1.29 bits per heavy atom. The molecule has 2 N–H and O–H groups in total. The van der Waals surface area contributed by atoms with Crippen LogP contribution in [-0.4, -0.2) is 46.8 Å². The van der Waals surface area contributed by atoms with E-state index in [0.29, 0.717) is 22.0 Å². The maximum Gasteiger partial charge on any atom is 0.326 e. The first-order valence-corrected chi connectivity index (χ1v) is 8.92. The second-order valence-corrected chi connectivity index (χ2v) is 7.28. The molecule has 1 saturated heterocycles. The fourth-order valence-corrected chi connectivity index (χ4v) is 3.87. The first-order chi connectivity index (χ1) is 11.7.